The predicted octanol–water partition coefficient (Wildman–Crippen LogP) is 4.46. The van der Waals surface area contributed by atoms with Crippen LogP contribution in [0.15, 0.2) is 29.6 Å². The molecule has 1 aromatic carbocycles. The van der Waals surface area contributed by atoms with Gasteiger partial charge in [0.2, 0.25) is 0 Å². The Balaban J connectivity index is 2.21. The first-order chi connectivity index (χ1) is 9.40. The summed E-state index contributed by atoms with van der Waals surface area (Å²) >= 11 is 3.64. The monoisotopic (exact) mass is 407 g/mol. The van der Waals surface area contributed by atoms with E-state index in [1.54, 1.807) is 19.4 Å². The lowest BCUT2D eigenvalue weighted by molar-refractivity contribution is 0.0743. The maximum atomic E-state index is 13.3. The molecule has 2 nitrogen and oxygen atoms in total. The van der Waals surface area contributed by atoms with Crippen LogP contribution in [-0.4, -0.2) is 17.9 Å². The molecule has 2 rings (SSSR count). The number of halogens is 3. The number of thiophene rings is 1. The van der Waals surface area contributed by atoms with Crippen molar-refractivity contribution in [3.8, 4) is 0 Å². The molecule has 1 aromatic heterocycles. The number of carbonyl (C=O) groups is 1. The van der Waals surface area contributed by atoms with Crippen molar-refractivity contribution in [2.75, 3.05) is 7.05 Å². The maximum absolute atomic E-state index is 13.3. The van der Waals surface area contributed by atoms with E-state index in [-0.39, 0.29) is 11.9 Å². The van der Waals surface area contributed by atoms with E-state index in [2.05, 4.69) is 22.6 Å². The lowest BCUT2D eigenvalue weighted by Gasteiger charge is -2.25. The van der Waals surface area contributed by atoms with Gasteiger partial charge < -0.3 is 4.90 Å². The molecule has 2 aromatic rings. The Labute approximate surface area is 133 Å². The van der Waals surface area contributed by atoms with Gasteiger partial charge in [0, 0.05) is 12.4 Å². The van der Waals surface area contributed by atoms with Gasteiger partial charge in [-0.05, 0) is 53.3 Å². The fourth-order valence-corrected chi connectivity index (χ4v) is 3.12. The van der Waals surface area contributed by atoms with Crippen LogP contribution in [0.3, 0.4) is 0 Å². The Bertz CT molecular complexity index is 644. The summed E-state index contributed by atoms with van der Waals surface area (Å²) in [6.07, 6.45) is 0. The summed E-state index contributed by atoms with van der Waals surface area (Å²) in [7, 11) is 1.65. The lowest BCUT2D eigenvalue weighted by Crippen LogP contribution is -2.29. The van der Waals surface area contributed by atoms with Crippen molar-refractivity contribution < 1.29 is 13.6 Å². The second-order valence-corrected chi connectivity index (χ2v) is 7.21. The van der Waals surface area contributed by atoms with Crippen LogP contribution < -0.4 is 0 Å². The van der Waals surface area contributed by atoms with Crippen molar-refractivity contribution in [3.05, 3.63) is 55.3 Å². The van der Waals surface area contributed by atoms with E-state index in [0.29, 0.717) is 11.1 Å². The fraction of sp³-hybridized carbons (Fsp3) is 0.214. The molecule has 1 amide bonds. The average molecular weight is 407 g/mol. The quantitative estimate of drug-likeness (QED) is 0.688. The Kier molecular flexibility index (Phi) is 4.74. The summed E-state index contributed by atoms with van der Waals surface area (Å²) in [6.45, 7) is 1.78. The number of hydrogen-bond donors (Lipinski definition) is 0. The van der Waals surface area contributed by atoms with E-state index in [0.717, 1.165) is 15.0 Å². The molecular formula is C14H12F2INOS. The molecule has 0 saturated heterocycles. The van der Waals surface area contributed by atoms with Gasteiger partial charge >= 0.3 is 0 Å². The Morgan fingerprint density at radius 3 is 2.55 bits per heavy atom. The Hall–Kier alpha value is -1.02. The first-order valence-corrected chi connectivity index (χ1v) is 7.82. The van der Waals surface area contributed by atoms with E-state index in [1.807, 2.05) is 6.07 Å². The minimum atomic E-state index is -0.903. The summed E-state index contributed by atoms with van der Waals surface area (Å²) in [5.74, 6) is -1.93. The number of benzene rings is 1. The number of nitrogens with zero attached hydrogens (tertiary/aromatic N) is 1. The lowest BCUT2D eigenvalue weighted by atomic mass is 10.1. The molecule has 0 spiro atoms. The second-order valence-electron chi connectivity index (χ2n) is 4.41. The van der Waals surface area contributed by atoms with Crippen LogP contribution in [0.25, 0.3) is 0 Å². The Morgan fingerprint density at radius 1 is 1.30 bits per heavy atom. The van der Waals surface area contributed by atoms with Gasteiger partial charge in [0.1, 0.15) is 0 Å². The predicted molar refractivity (Wildman–Crippen MR) is 83.9 cm³/mol. The molecule has 1 unspecified atom stereocenters. The van der Waals surface area contributed by atoms with Crippen LogP contribution in [0.5, 0.6) is 0 Å². The van der Waals surface area contributed by atoms with Gasteiger partial charge in [-0.15, -0.1) is 11.3 Å². The van der Waals surface area contributed by atoms with Crippen LogP contribution in [0.2, 0.25) is 0 Å². The van der Waals surface area contributed by atoms with Crippen molar-refractivity contribution in [3.63, 3.8) is 0 Å². The Morgan fingerprint density at radius 2 is 2.00 bits per heavy atom. The van der Waals surface area contributed by atoms with Gasteiger partial charge in [-0.3, -0.25) is 4.79 Å². The molecule has 0 saturated carbocycles. The van der Waals surface area contributed by atoms with Crippen LogP contribution in [0, 0.1) is 14.5 Å². The summed E-state index contributed by atoms with van der Waals surface area (Å²) in [5, 5.41) is 1.79. The standard InChI is InChI=1S/C14H12F2INOS/c1-8(9-3-4-11(15)12(16)5-9)18(2)14(19)10-6-13(17)20-7-10/h3-8H,1-2H3. The van der Waals surface area contributed by atoms with E-state index in [4.69, 9.17) is 0 Å². The van der Waals surface area contributed by atoms with Crippen LogP contribution in [0.1, 0.15) is 28.9 Å². The van der Waals surface area contributed by atoms with Crippen molar-refractivity contribution in [2.24, 2.45) is 0 Å². The van der Waals surface area contributed by atoms with Crippen LogP contribution in [-0.2, 0) is 0 Å². The van der Waals surface area contributed by atoms with Gasteiger partial charge in [0.15, 0.2) is 11.6 Å². The number of amides is 1. The molecular weight excluding hydrogens is 395 g/mol. The third-order valence-corrected chi connectivity index (χ3v) is 4.93. The largest absolute Gasteiger partial charge is 0.335 e. The summed E-state index contributed by atoms with van der Waals surface area (Å²) in [5.41, 5.74) is 1.17. The highest BCUT2D eigenvalue weighted by Gasteiger charge is 2.20. The van der Waals surface area contributed by atoms with Crippen LogP contribution >= 0.6 is 33.9 Å². The van der Waals surface area contributed by atoms with Gasteiger partial charge in [-0.1, -0.05) is 6.07 Å². The molecule has 106 valence electrons. The molecule has 0 fully saturated rings. The SMILES string of the molecule is CC(c1ccc(F)c(F)c1)N(C)C(=O)c1csc(I)c1. The fourth-order valence-electron chi connectivity index (χ4n) is 1.80. The van der Waals surface area contributed by atoms with Crippen molar-refractivity contribution >= 4 is 39.8 Å². The molecule has 1 atom stereocenters. The molecule has 0 N–H and O–H groups in total. The summed E-state index contributed by atoms with van der Waals surface area (Å²) in [4.78, 5) is 13.8. The van der Waals surface area contributed by atoms with E-state index < -0.39 is 11.6 Å². The molecule has 0 radical (unpaired) electrons. The van der Waals surface area contributed by atoms with Gasteiger partial charge in [0.25, 0.3) is 5.91 Å². The third-order valence-electron chi connectivity index (χ3n) is 3.14. The highest BCUT2D eigenvalue weighted by atomic mass is 127. The van der Waals surface area contributed by atoms with Gasteiger partial charge in [-0.25, -0.2) is 8.78 Å². The zero-order valence-corrected chi connectivity index (χ0v) is 13.8. The minimum absolute atomic E-state index is 0.138. The molecule has 0 aliphatic carbocycles. The minimum Gasteiger partial charge on any atom is -0.335 e. The smallest absolute Gasteiger partial charge is 0.254 e. The van der Waals surface area contributed by atoms with Gasteiger partial charge in [0.05, 0.1) is 14.5 Å². The average Bonchev–Trinajstić information content (AvgIpc) is 2.86. The highest BCUT2D eigenvalue weighted by Crippen LogP contribution is 2.24. The number of hydrogen-bond acceptors (Lipinski definition) is 2. The van der Waals surface area contributed by atoms with Crippen molar-refractivity contribution in [1.29, 1.82) is 0 Å². The molecule has 0 aliphatic rings. The molecule has 6 heteroatoms. The zero-order chi connectivity index (χ0) is 14.9. The normalized spacial score (nSPS) is 12.2. The van der Waals surface area contributed by atoms with Crippen molar-refractivity contribution in [1.82, 2.24) is 4.90 Å². The number of rotatable bonds is 3. The van der Waals surface area contributed by atoms with Crippen molar-refractivity contribution in [2.45, 2.75) is 13.0 Å². The molecule has 20 heavy (non-hydrogen) atoms. The molecule has 0 aliphatic heterocycles. The van der Waals surface area contributed by atoms with E-state index in [9.17, 15) is 13.6 Å². The maximum Gasteiger partial charge on any atom is 0.254 e. The zero-order valence-electron chi connectivity index (χ0n) is 10.9. The van der Waals surface area contributed by atoms with E-state index >= 15 is 0 Å². The topological polar surface area (TPSA) is 20.3 Å². The molecule has 1 heterocycles. The molecule has 0 bridgehead atoms. The third kappa shape index (κ3) is 3.17. The summed E-state index contributed by atoms with van der Waals surface area (Å²) in [6, 6.07) is 5.16. The summed E-state index contributed by atoms with van der Waals surface area (Å²) < 4.78 is 27.2. The van der Waals surface area contributed by atoms with Gasteiger partial charge in [-0.2, -0.15) is 0 Å². The van der Waals surface area contributed by atoms with Crippen LogP contribution in [0.4, 0.5) is 8.78 Å². The first kappa shape index (κ1) is 15.4. The second kappa shape index (κ2) is 6.17. The first-order valence-electron chi connectivity index (χ1n) is 5.86. The highest BCUT2D eigenvalue weighted by molar-refractivity contribution is 14.1. The van der Waals surface area contributed by atoms with E-state index in [1.165, 1.54) is 22.3 Å². The number of carbonyl (C=O) groups excluding carboxylic acids is 1.